The molecule has 1 aliphatic heterocycles. The minimum absolute atomic E-state index is 0.00384. The Morgan fingerprint density at radius 3 is 2.79 bits per heavy atom. The third-order valence-corrected chi connectivity index (χ3v) is 4.10. The van der Waals surface area contributed by atoms with E-state index in [2.05, 4.69) is 53.0 Å². The highest BCUT2D eigenvalue weighted by atomic mass is 79.9. The van der Waals surface area contributed by atoms with E-state index in [0.29, 0.717) is 13.1 Å². The van der Waals surface area contributed by atoms with Gasteiger partial charge in [0, 0.05) is 23.2 Å². The Hall–Kier alpha value is -1.07. The van der Waals surface area contributed by atoms with Crippen molar-refractivity contribution in [3.05, 3.63) is 28.2 Å². The molecule has 1 heterocycles. The van der Waals surface area contributed by atoms with E-state index in [1.54, 1.807) is 0 Å². The molecule has 1 fully saturated rings. The summed E-state index contributed by atoms with van der Waals surface area (Å²) in [6.45, 7) is 7.23. The second-order valence-corrected chi connectivity index (χ2v) is 6.50. The highest BCUT2D eigenvalue weighted by Crippen LogP contribution is 2.32. The molecular formula is C14H20BrN3O. The molecule has 1 amide bonds. The van der Waals surface area contributed by atoms with Crippen LogP contribution in [0.15, 0.2) is 22.7 Å². The Bertz CT molecular complexity index is 501. The van der Waals surface area contributed by atoms with Gasteiger partial charge in [0.15, 0.2) is 0 Å². The van der Waals surface area contributed by atoms with Crippen LogP contribution in [0.3, 0.4) is 0 Å². The topological polar surface area (TPSA) is 58.4 Å². The number of nitrogens with two attached hydrogens (primary N) is 1. The van der Waals surface area contributed by atoms with Crippen LogP contribution in [0.25, 0.3) is 0 Å². The van der Waals surface area contributed by atoms with Gasteiger partial charge >= 0.3 is 0 Å². The van der Waals surface area contributed by atoms with Gasteiger partial charge in [0.2, 0.25) is 5.91 Å². The number of nitrogens with zero attached hydrogens (tertiary/aromatic N) is 1. The molecule has 1 atom stereocenters. The standard InChI is InChI=1S/C14H20BrN3O/c1-9-6-10(15)4-5-11(9)18-12(7-16)13(19)17-8-14(18,2)3/h4-6,12H,7-8,16H2,1-3H3,(H,17,19). The van der Waals surface area contributed by atoms with Crippen LogP contribution >= 0.6 is 15.9 Å². The summed E-state index contributed by atoms with van der Waals surface area (Å²) in [5.74, 6) is 0.00384. The number of anilines is 1. The zero-order valence-corrected chi connectivity index (χ0v) is 13.1. The van der Waals surface area contributed by atoms with Crippen molar-refractivity contribution in [2.45, 2.75) is 32.4 Å². The number of carbonyl (C=O) groups is 1. The molecule has 1 aliphatic rings. The van der Waals surface area contributed by atoms with E-state index in [4.69, 9.17) is 5.73 Å². The highest BCUT2D eigenvalue weighted by Gasteiger charge is 2.40. The number of halogens is 1. The summed E-state index contributed by atoms with van der Waals surface area (Å²) >= 11 is 3.47. The predicted octanol–water partition coefficient (Wildman–Crippen LogP) is 1.80. The van der Waals surface area contributed by atoms with Gasteiger partial charge < -0.3 is 16.0 Å². The molecule has 19 heavy (non-hydrogen) atoms. The van der Waals surface area contributed by atoms with Crippen molar-refractivity contribution in [2.75, 3.05) is 18.0 Å². The van der Waals surface area contributed by atoms with Crippen molar-refractivity contribution in [2.24, 2.45) is 5.73 Å². The molecule has 0 aromatic heterocycles. The van der Waals surface area contributed by atoms with Gasteiger partial charge in [-0.25, -0.2) is 0 Å². The number of nitrogens with one attached hydrogen (secondary N) is 1. The van der Waals surface area contributed by atoms with E-state index in [0.717, 1.165) is 15.7 Å². The molecule has 5 heteroatoms. The Balaban J connectivity index is 2.50. The maximum Gasteiger partial charge on any atom is 0.244 e. The molecule has 1 aromatic rings. The molecule has 3 N–H and O–H groups in total. The van der Waals surface area contributed by atoms with E-state index in [-0.39, 0.29) is 17.5 Å². The van der Waals surface area contributed by atoms with Crippen LogP contribution in [-0.2, 0) is 4.79 Å². The van der Waals surface area contributed by atoms with Crippen LogP contribution in [0, 0.1) is 6.92 Å². The molecule has 2 rings (SSSR count). The lowest BCUT2D eigenvalue weighted by atomic mass is 9.93. The molecule has 1 aromatic carbocycles. The van der Waals surface area contributed by atoms with Gasteiger partial charge in [0.1, 0.15) is 6.04 Å². The number of benzene rings is 1. The lowest BCUT2D eigenvalue weighted by molar-refractivity contribution is -0.124. The largest absolute Gasteiger partial charge is 0.352 e. The maximum absolute atomic E-state index is 12.0. The fourth-order valence-electron chi connectivity index (χ4n) is 2.64. The summed E-state index contributed by atoms with van der Waals surface area (Å²) in [7, 11) is 0. The number of hydrogen-bond acceptors (Lipinski definition) is 3. The van der Waals surface area contributed by atoms with Crippen LogP contribution < -0.4 is 16.0 Å². The first-order chi connectivity index (χ1) is 8.86. The fourth-order valence-corrected chi connectivity index (χ4v) is 3.12. The molecule has 0 spiro atoms. The van der Waals surface area contributed by atoms with Crippen LogP contribution in [0.4, 0.5) is 5.69 Å². The zero-order valence-electron chi connectivity index (χ0n) is 11.5. The highest BCUT2D eigenvalue weighted by molar-refractivity contribution is 9.10. The van der Waals surface area contributed by atoms with Crippen LogP contribution in [0.2, 0.25) is 0 Å². The Morgan fingerprint density at radius 2 is 2.21 bits per heavy atom. The van der Waals surface area contributed by atoms with Crippen molar-refractivity contribution in [3.8, 4) is 0 Å². The molecular weight excluding hydrogens is 306 g/mol. The van der Waals surface area contributed by atoms with E-state index in [1.165, 1.54) is 0 Å². The number of amides is 1. The SMILES string of the molecule is Cc1cc(Br)ccc1N1C(CN)C(=O)NCC1(C)C. The summed E-state index contributed by atoms with van der Waals surface area (Å²) in [6, 6.07) is 5.79. The number of rotatable bonds is 2. The first-order valence-corrected chi connectivity index (χ1v) is 7.19. The third kappa shape index (κ3) is 2.62. The average Bonchev–Trinajstić information content (AvgIpc) is 2.33. The van der Waals surface area contributed by atoms with E-state index < -0.39 is 0 Å². The summed E-state index contributed by atoms with van der Waals surface area (Å²) in [5.41, 5.74) is 7.86. The lowest BCUT2D eigenvalue weighted by Gasteiger charge is -2.49. The van der Waals surface area contributed by atoms with E-state index in [1.807, 2.05) is 12.1 Å². The molecule has 0 bridgehead atoms. The minimum Gasteiger partial charge on any atom is -0.352 e. The molecule has 0 saturated carbocycles. The van der Waals surface area contributed by atoms with Gasteiger partial charge in [-0.15, -0.1) is 0 Å². The van der Waals surface area contributed by atoms with Crippen LogP contribution in [0.5, 0.6) is 0 Å². The summed E-state index contributed by atoms with van der Waals surface area (Å²) in [6.07, 6.45) is 0. The normalized spacial score (nSPS) is 22.3. The summed E-state index contributed by atoms with van der Waals surface area (Å²) < 4.78 is 1.04. The fraction of sp³-hybridized carbons (Fsp3) is 0.500. The van der Waals surface area contributed by atoms with Gasteiger partial charge in [-0.1, -0.05) is 15.9 Å². The monoisotopic (exact) mass is 325 g/mol. The van der Waals surface area contributed by atoms with Gasteiger partial charge in [-0.2, -0.15) is 0 Å². The summed E-state index contributed by atoms with van der Waals surface area (Å²) in [4.78, 5) is 14.2. The predicted molar refractivity (Wildman–Crippen MR) is 81.3 cm³/mol. The van der Waals surface area contributed by atoms with Gasteiger partial charge in [-0.05, 0) is 44.5 Å². The average molecular weight is 326 g/mol. The van der Waals surface area contributed by atoms with Crippen LogP contribution in [-0.4, -0.2) is 30.6 Å². The Morgan fingerprint density at radius 1 is 1.53 bits per heavy atom. The second-order valence-electron chi connectivity index (χ2n) is 5.58. The molecule has 1 unspecified atom stereocenters. The van der Waals surface area contributed by atoms with Gasteiger partial charge in [-0.3, -0.25) is 4.79 Å². The quantitative estimate of drug-likeness (QED) is 0.871. The van der Waals surface area contributed by atoms with Crippen molar-refractivity contribution in [1.29, 1.82) is 0 Å². The van der Waals surface area contributed by atoms with Gasteiger partial charge in [0.05, 0.1) is 5.54 Å². The first kappa shape index (κ1) is 14.3. The smallest absolute Gasteiger partial charge is 0.244 e. The number of aryl methyl sites for hydroxylation is 1. The van der Waals surface area contributed by atoms with Crippen molar-refractivity contribution in [1.82, 2.24) is 5.32 Å². The Kier molecular flexibility index (Phi) is 3.87. The van der Waals surface area contributed by atoms with Crippen molar-refractivity contribution >= 4 is 27.5 Å². The van der Waals surface area contributed by atoms with Gasteiger partial charge in [0.25, 0.3) is 0 Å². The number of carbonyl (C=O) groups excluding carboxylic acids is 1. The lowest BCUT2D eigenvalue weighted by Crippen LogP contribution is -2.68. The van der Waals surface area contributed by atoms with E-state index >= 15 is 0 Å². The molecule has 4 nitrogen and oxygen atoms in total. The van der Waals surface area contributed by atoms with Crippen molar-refractivity contribution in [3.63, 3.8) is 0 Å². The number of piperazine rings is 1. The van der Waals surface area contributed by atoms with Crippen molar-refractivity contribution < 1.29 is 4.79 Å². The molecule has 0 aliphatic carbocycles. The molecule has 1 saturated heterocycles. The second kappa shape index (κ2) is 5.13. The number of hydrogen-bond donors (Lipinski definition) is 2. The summed E-state index contributed by atoms with van der Waals surface area (Å²) in [5, 5.41) is 2.93. The third-order valence-electron chi connectivity index (χ3n) is 3.60. The minimum atomic E-state index is -0.316. The molecule has 0 radical (unpaired) electrons. The Labute approximate surface area is 122 Å². The zero-order chi connectivity index (χ0) is 14.2. The maximum atomic E-state index is 12.0. The first-order valence-electron chi connectivity index (χ1n) is 6.40. The van der Waals surface area contributed by atoms with Crippen LogP contribution in [0.1, 0.15) is 19.4 Å². The van der Waals surface area contributed by atoms with E-state index in [9.17, 15) is 4.79 Å². The molecule has 104 valence electrons.